The number of nitrogens with one attached hydrogen (secondary N) is 1. The van der Waals surface area contributed by atoms with Gasteiger partial charge >= 0.3 is 0 Å². The van der Waals surface area contributed by atoms with Crippen molar-refractivity contribution in [2.45, 2.75) is 25.9 Å². The van der Waals surface area contributed by atoms with Crippen LogP contribution in [0.2, 0.25) is 0 Å². The first kappa shape index (κ1) is 17.8. The Morgan fingerprint density at radius 1 is 1.23 bits per heavy atom. The number of ether oxygens (including phenoxy) is 1. The van der Waals surface area contributed by atoms with E-state index in [2.05, 4.69) is 25.2 Å². The van der Waals surface area contributed by atoms with Crippen LogP contribution in [0.5, 0.6) is 5.75 Å². The first-order valence-corrected chi connectivity index (χ1v) is 8.74. The fourth-order valence-corrected chi connectivity index (χ4v) is 3.13. The zero-order valence-corrected chi connectivity index (χ0v) is 15.3. The van der Waals surface area contributed by atoms with Crippen molar-refractivity contribution in [3.05, 3.63) is 54.1 Å². The normalized spacial score (nSPS) is 16.6. The summed E-state index contributed by atoms with van der Waals surface area (Å²) in [6.07, 6.45) is -0.392. The number of hydrogen-bond donors (Lipinski definition) is 1. The number of rotatable bonds is 6. The van der Waals surface area contributed by atoms with E-state index in [1.165, 1.54) is 5.56 Å². The predicted octanol–water partition coefficient (Wildman–Crippen LogP) is 3.79. The molecule has 1 aliphatic rings. The lowest BCUT2D eigenvalue weighted by Crippen LogP contribution is -2.43. The molecule has 0 aromatic heterocycles. The third-order valence-electron chi connectivity index (χ3n) is 4.73. The third kappa shape index (κ3) is 3.50. The number of anilines is 2. The van der Waals surface area contributed by atoms with Crippen LogP contribution in [0.25, 0.3) is 0 Å². The van der Waals surface area contributed by atoms with Gasteiger partial charge in [0.25, 0.3) is 0 Å². The molecule has 26 heavy (non-hydrogen) atoms. The number of ketones is 1. The zero-order valence-electron chi connectivity index (χ0n) is 15.3. The van der Waals surface area contributed by atoms with E-state index in [1.54, 1.807) is 0 Å². The van der Waals surface area contributed by atoms with Crippen LogP contribution in [0, 0.1) is 17.2 Å². The molecule has 2 unspecified atom stereocenters. The number of carbonyl (C=O) groups excluding carboxylic acids is 1. The van der Waals surface area contributed by atoms with E-state index in [4.69, 9.17) is 4.74 Å². The SMILES string of the molecule is CC(C)c1ccc(OCC(=O)C(C#N)C2Nc3ccccc3N2C)cc1. The lowest BCUT2D eigenvalue weighted by atomic mass is 10.0. The number of fused-ring (bicyclic) bond motifs is 1. The molecule has 0 fully saturated rings. The number of para-hydroxylation sites is 2. The Morgan fingerprint density at radius 2 is 1.92 bits per heavy atom. The van der Waals surface area contributed by atoms with Gasteiger partial charge in [0.2, 0.25) is 0 Å². The van der Waals surface area contributed by atoms with E-state index in [-0.39, 0.29) is 12.4 Å². The van der Waals surface area contributed by atoms with Crippen LogP contribution in [-0.4, -0.2) is 25.6 Å². The summed E-state index contributed by atoms with van der Waals surface area (Å²) in [5, 5.41) is 12.8. The highest BCUT2D eigenvalue weighted by molar-refractivity contribution is 5.88. The molecule has 2 aromatic rings. The molecular formula is C21H23N3O2. The maximum atomic E-state index is 12.6. The fourth-order valence-electron chi connectivity index (χ4n) is 3.13. The molecule has 2 atom stereocenters. The predicted molar refractivity (Wildman–Crippen MR) is 102 cm³/mol. The molecule has 0 radical (unpaired) electrons. The second kappa shape index (κ2) is 7.49. The summed E-state index contributed by atoms with van der Waals surface area (Å²) in [5.74, 6) is 0.0228. The first-order valence-electron chi connectivity index (χ1n) is 8.74. The number of Topliss-reactive ketones (excluding diaryl/α,β-unsaturated/α-hetero) is 1. The second-order valence-corrected chi connectivity index (χ2v) is 6.80. The highest BCUT2D eigenvalue weighted by atomic mass is 16.5. The Bertz CT molecular complexity index is 824. The zero-order chi connectivity index (χ0) is 18.7. The van der Waals surface area contributed by atoms with Gasteiger partial charge in [-0.15, -0.1) is 0 Å². The summed E-state index contributed by atoms with van der Waals surface area (Å²) >= 11 is 0. The van der Waals surface area contributed by atoms with Crippen molar-refractivity contribution >= 4 is 17.2 Å². The van der Waals surface area contributed by atoms with E-state index >= 15 is 0 Å². The highest BCUT2D eigenvalue weighted by Crippen LogP contribution is 2.35. The van der Waals surface area contributed by atoms with Crippen LogP contribution in [-0.2, 0) is 4.79 Å². The second-order valence-electron chi connectivity index (χ2n) is 6.80. The van der Waals surface area contributed by atoms with E-state index < -0.39 is 12.1 Å². The molecule has 1 heterocycles. The molecule has 2 aromatic carbocycles. The fraction of sp³-hybridized carbons (Fsp3) is 0.333. The topological polar surface area (TPSA) is 65.4 Å². The summed E-state index contributed by atoms with van der Waals surface area (Å²) in [6.45, 7) is 4.13. The summed E-state index contributed by atoms with van der Waals surface area (Å²) in [5.41, 5.74) is 3.13. The van der Waals surface area contributed by atoms with E-state index in [9.17, 15) is 10.1 Å². The number of benzene rings is 2. The van der Waals surface area contributed by atoms with Crippen molar-refractivity contribution < 1.29 is 9.53 Å². The summed E-state index contributed by atoms with van der Waals surface area (Å²) in [7, 11) is 1.88. The number of nitrogens with zero attached hydrogens (tertiary/aromatic N) is 2. The van der Waals surface area contributed by atoms with Gasteiger partial charge in [-0.2, -0.15) is 5.26 Å². The van der Waals surface area contributed by atoms with E-state index in [1.807, 2.05) is 60.5 Å². The van der Waals surface area contributed by atoms with Crippen molar-refractivity contribution in [1.82, 2.24) is 0 Å². The van der Waals surface area contributed by atoms with Gasteiger partial charge in [0.1, 0.15) is 24.4 Å². The van der Waals surface area contributed by atoms with Crippen molar-refractivity contribution in [1.29, 1.82) is 5.26 Å². The number of hydrogen-bond acceptors (Lipinski definition) is 5. The molecule has 3 rings (SSSR count). The minimum atomic E-state index is -0.817. The van der Waals surface area contributed by atoms with Gasteiger partial charge in [0, 0.05) is 7.05 Å². The number of nitriles is 1. The van der Waals surface area contributed by atoms with Gasteiger partial charge in [-0.25, -0.2) is 0 Å². The minimum absolute atomic E-state index is 0.123. The summed E-state index contributed by atoms with van der Waals surface area (Å²) < 4.78 is 5.61. The maximum absolute atomic E-state index is 12.6. The molecule has 0 saturated carbocycles. The van der Waals surface area contributed by atoms with E-state index in [0.717, 1.165) is 11.4 Å². The van der Waals surface area contributed by atoms with Crippen LogP contribution >= 0.6 is 0 Å². The molecule has 5 heteroatoms. The lowest BCUT2D eigenvalue weighted by Gasteiger charge is -2.25. The van der Waals surface area contributed by atoms with Gasteiger partial charge in [-0.3, -0.25) is 4.79 Å². The van der Waals surface area contributed by atoms with E-state index in [0.29, 0.717) is 11.7 Å². The maximum Gasteiger partial charge on any atom is 0.191 e. The average molecular weight is 349 g/mol. The smallest absolute Gasteiger partial charge is 0.191 e. The molecule has 1 aliphatic heterocycles. The first-order chi connectivity index (χ1) is 12.5. The average Bonchev–Trinajstić information content (AvgIpc) is 2.98. The molecule has 0 aliphatic carbocycles. The molecule has 0 amide bonds. The number of carbonyl (C=O) groups is 1. The quantitative estimate of drug-likeness (QED) is 0.859. The Kier molecular flexibility index (Phi) is 5.13. The largest absolute Gasteiger partial charge is 0.486 e. The summed E-state index contributed by atoms with van der Waals surface area (Å²) in [6, 6.07) is 17.6. The molecule has 1 N–H and O–H groups in total. The van der Waals surface area contributed by atoms with Crippen molar-refractivity contribution in [3.8, 4) is 11.8 Å². The van der Waals surface area contributed by atoms with Crippen LogP contribution in [0.15, 0.2) is 48.5 Å². The molecule has 5 nitrogen and oxygen atoms in total. The molecule has 134 valence electrons. The van der Waals surface area contributed by atoms with Gasteiger partial charge in [-0.1, -0.05) is 38.1 Å². The summed E-state index contributed by atoms with van der Waals surface area (Å²) in [4.78, 5) is 14.5. The minimum Gasteiger partial charge on any atom is -0.486 e. The Morgan fingerprint density at radius 3 is 2.54 bits per heavy atom. The monoisotopic (exact) mass is 349 g/mol. The standard InChI is InChI=1S/C21H23N3O2/c1-14(2)15-8-10-16(11-9-15)26-13-20(25)17(12-22)21-23-18-6-4-5-7-19(18)24(21)3/h4-11,14,17,21,23H,13H2,1-3H3. The lowest BCUT2D eigenvalue weighted by molar-refractivity contribution is -0.123. The molecular weight excluding hydrogens is 326 g/mol. The highest BCUT2D eigenvalue weighted by Gasteiger charge is 2.36. The third-order valence-corrected chi connectivity index (χ3v) is 4.73. The Balaban J connectivity index is 1.64. The van der Waals surface area contributed by atoms with Crippen LogP contribution in [0.4, 0.5) is 11.4 Å². The molecule has 0 saturated heterocycles. The van der Waals surface area contributed by atoms with Gasteiger partial charge in [0.15, 0.2) is 5.78 Å². The van der Waals surface area contributed by atoms with Gasteiger partial charge < -0.3 is 15.0 Å². The van der Waals surface area contributed by atoms with Crippen LogP contribution < -0.4 is 15.0 Å². The van der Waals surface area contributed by atoms with Gasteiger partial charge in [0.05, 0.1) is 17.4 Å². The van der Waals surface area contributed by atoms with Crippen molar-refractivity contribution in [2.24, 2.45) is 5.92 Å². The molecule has 0 bridgehead atoms. The Labute approximate surface area is 154 Å². The van der Waals surface area contributed by atoms with Crippen LogP contribution in [0.3, 0.4) is 0 Å². The molecule has 0 spiro atoms. The van der Waals surface area contributed by atoms with Crippen molar-refractivity contribution in [2.75, 3.05) is 23.9 Å². The van der Waals surface area contributed by atoms with Crippen LogP contribution in [0.1, 0.15) is 25.3 Å². The Hall–Kier alpha value is -3.00. The van der Waals surface area contributed by atoms with Gasteiger partial charge in [-0.05, 0) is 35.7 Å². The van der Waals surface area contributed by atoms with Crippen molar-refractivity contribution in [3.63, 3.8) is 0 Å².